The predicted octanol–water partition coefficient (Wildman–Crippen LogP) is 0.386. The van der Waals surface area contributed by atoms with Gasteiger partial charge in [-0.15, -0.1) is 0 Å². The Morgan fingerprint density at radius 2 is 2.22 bits per heavy atom. The maximum atomic E-state index is 11.9. The van der Waals surface area contributed by atoms with Crippen LogP contribution in [0.15, 0.2) is 12.4 Å². The number of anilines is 1. The lowest BCUT2D eigenvalue weighted by Gasteiger charge is -2.18. The van der Waals surface area contributed by atoms with E-state index in [-0.39, 0.29) is 0 Å². The predicted molar refractivity (Wildman–Crippen MR) is 71.5 cm³/mol. The van der Waals surface area contributed by atoms with Crippen LogP contribution in [0.5, 0.6) is 0 Å². The third kappa shape index (κ3) is 5.03. The molecule has 0 amide bonds. The van der Waals surface area contributed by atoms with Gasteiger partial charge in [-0.25, -0.2) is 0 Å². The Hall–Kier alpha value is -1.12. The fourth-order valence-corrected chi connectivity index (χ4v) is 2.28. The Bertz CT molecular complexity index is 429. The minimum Gasteiger partial charge on any atom is -0.314 e. The molecule has 8 heteroatoms. The summed E-state index contributed by atoms with van der Waals surface area (Å²) in [7, 11) is -1.94. The first-order valence-electron chi connectivity index (χ1n) is 5.88. The van der Waals surface area contributed by atoms with Crippen molar-refractivity contribution in [3.8, 4) is 0 Å². The second-order valence-electron chi connectivity index (χ2n) is 4.38. The van der Waals surface area contributed by atoms with Gasteiger partial charge < -0.3 is 5.32 Å². The van der Waals surface area contributed by atoms with Crippen molar-refractivity contribution in [2.45, 2.75) is 26.3 Å². The SMILES string of the molecule is CC(C)NCCCN(C)S(=O)(=O)Nc1cn[nH]c1. The summed E-state index contributed by atoms with van der Waals surface area (Å²) in [4.78, 5) is 0. The second kappa shape index (κ2) is 6.72. The van der Waals surface area contributed by atoms with Crippen molar-refractivity contribution in [2.75, 3.05) is 24.9 Å². The van der Waals surface area contributed by atoms with E-state index in [1.807, 2.05) is 0 Å². The summed E-state index contributed by atoms with van der Waals surface area (Å²) in [6, 6.07) is 0.413. The van der Waals surface area contributed by atoms with E-state index in [1.165, 1.54) is 16.7 Å². The van der Waals surface area contributed by atoms with Crippen LogP contribution in [0.25, 0.3) is 0 Å². The monoisotopic (exact) mass is 275 g/mol. The van der Waals surface area contributed by atoms with E-state index in [9.17, 15) is 8.42 Å². The average molecular weight is 275 g/mol. The van der Waals surface area contributed by atoms with E-state index in [1.54, 1.807) is 7.05 Å². The Kier molecular flexibility index (Phi) is 5.57. The van der Waals surface area contributed by atoms with Crippen LogP contribution in [-0.2, 0) is 10.2 Å². The standard InChI is InChI=1S/C10H21N5O2S/c1-9(2)11-5-4-6-15(3)18(16,17)14-10-7-12-13-8-10/h7-9,11,14H,4-6H2,1-3H3,(H,12,13). The Balaban J connectivity index is 2.37. The lowest BCUT2D eigenvalue weighted by atomic mass is 10.3. The zero-order chi connectivity index (χ0) is 13.6. The van der Waals surface area contributed by atoms with Gasteiger partial charge in [0.1, 0.15) is 0 Å². The largest absolute Gasteiger partial charge is 0.314 e. The molecule has 3 N–H and O–H groups in total. The molecule has 0 radical (unpaired) electrons. The summed E-state index contributed by atoms with van der Waals surface area (Å²) >= 11 is 0. The van der Waals surface area contributed by atoms with Crippen LogP contribution in [0.1, 0.15) is 20.3 Å². The molecule has 0 aliphatic carbocycles. The molecule has 0 aliphatic rings. The van der Waals surface area contributed by atoms with E-state index >= 15 is 0 Å². The van der Waals surface area contributed by atoms with Gasteiger partial charge >= 0.3 is 10.2 Å². The lowest BCUT2D eigenvalue weighted by Crippen LogP contribution is -2.35. The molecule has 0 fully saturated rings. The lowest BCUT2D eigenvalue weighted by molar-refractivity contribution is 0.451. The smallest absolute Gasteiger partial charge is 0.301 e. The number of aromatic amines is 1. The molecule has 0 saturated carbocycles. The summed E-state index contributed by atoms with van der Waals surface area (Å²) < 4.78 is 27.5. The van der Waals surface area contributed by atoms with Gasteiger partial charge in [-0.05, 0) is 13.0 Å². The molecule has 0 atom stereocenters. The van der Waals surface area contributed by atoms with E-state index in [0.29, 0.717) is 18.3 Å². The summed E-state index contributed by atoms with van der Waals surface area (Å²) in [5.74, 6) is 0. The minimum absolute atomic E-state index is 0.413. The maximum Gasteiger partial charge on any atom is 0.301 e. The van der Waals surface area contributed by atoms with Gasteiger partial charge in [-0.3, -0.25) is 9.82 Å². The van der Waals surface area contributed by atoms with Crippen LogP contribution in [0.2, 0.25) is 0 Å². The van der Waals surface area contributed by atoms with Gasteiger partial charge in [-0.2, -0.15) is 17.8 Å². The second-order valence-corrected chi connectivity index (χ2v) is 6.16. The fourth-order valence-electron chi connectivity index (χ4n) is 1.35. The van der Waals surface area contributed by atoms with Gasteiger partial charge in [0, 0.05) is 25.8 Å². The molecule has 0 saturated heterocycles. The van der Waals surface area contributed by atoms with Gasteiger partial charge in [0.15, 0.2) is 0 Å². The van der Waals surface area contributed by atoms with Crippen molar-refractivity contribution < 1.29 is 8.42 Å². The van der Waals surface area contributed by atoms with Crippen molar-refractivity contribution >= 4 is 15.9 Å². The third-order valence-corrected chi connectivity index (χ3v) is 3.85. The highest BCUT2D eigenvalue weighted by molar-refractivity contribution is 7.90. The topological polar surface area (TPSA) is 90.1 Å². The highest BCUT2D eigenvalue weighted by atomic mass is 32.2. The van der Waals surface area contributed by atoms with E-state index in [4.69, 9.17) is 0 Å². The number of rotatable bonds is 8. The zero-order valence-electron chi connectivity index (χ0n) is 11.0. The molecular weight excluding hydrogens is 254 g/mol. The summed E-state index contributed by atoms with van der Waals surface area (Å²) in [6.07, 6.45) is 3.68. The van der Waals surface area contributed by atoms with E-state index in [2.05, 4.69) is 34.1 Å². The molecule has 1 heterocycles. The summed E-state index contributed by atoms with van der Waals surface area (Å²) in [5.41, 5.74) is 0.433. The number of aromatic nitrogens is 2. The average Bonchev–Trinajstić information content (AvgIpc) is 2.75. The highest BCUT2D eigenvalue weighted by Crippen LogP contribution is 2.07. The molecule has 1 aromatic rings. The van der Waals surface area contributed by atoms with Crippen molar-refractivity contribution in [1.29, 1.82) is 0 Å². The molecule has 1 aromatic heterocycles. The van der Waals surface area contributed by atoms with Crippen LogP contribution in [0.4, 0.5) is 5.69 Å². The molecule has 0 spiro atoms. The first-order chi connectivity index (χ1) is 8.42. The molecule has 0 aliphatic heterocycles. The molecule has 7 nitrogen and oxygen atoms in total. The normalized spacial score (nSPS) is 12.3. The number of H-pyrrole nitrogens is 1. The summed E-state index contributed by atoms with van der Waals surface area (Å²) in [6.45, 7) is 5.37. The van der Waals surface area contributed by atoms with Crippen LogP contribution in [0, 0.1) is 0 Å². The molecule has 18 heavy (non-hydrogen) atoms. The van der Waals surface area contributed by atoms with E-state index in [0.717, 1.165) is 13.0 Å². The van der Waals surface area contributed by atoms with Crippen LogP contribution in [-0.4, -0.2) is 49.1 Å². The first kappa shape index (κ1) is 14.9. The number of hydrogen-bond acceptors (Lipinski definition) is 4. The van der Waals surface area contributed by atoms with Crippen molar-refractivity contribution in [3.63, 3.8) is 0 Å². The van der Waals surface area contributed by atoms with Crippen molar-refractivity contribution in [2.24, 2.45) is 0 Å². The van der Waals surface area contributed by atoms with Crippen LogP contribution < -0.4 is 10.0 Å². The molecule has 0 bridgehead atoms. The van der Waals surface area contributed by atoms with Gasteiger partial charge in [0.25, 0.3) is 0 Å². The molecule has 1 rings (SSSR count). The van der Waals surface area contributed by atoms with E-state index < -0.39 is 10.2 Å². The molecule has 0 aromatic carbocycles. The minimum atomic E-state index is -3.49. The number of hydrogen-bond donors (Lipinski definition) is 3. The van der Waals surface area contributed by atoms with Gasteiger partial charge in [-0.1, -0.05) is 13.8 Å². The van der Waals surface area contributed by atoms with Gasteiger partial charge in [0.2, 0.25) is 0 Å². The first-order valence-corrected chi connectivity index (χ1v) is 7.32. The maximum absolute atomic E-state index is 11.9. The van der Waals surface area contributed by atoms with Gasteiger partial charge in [0.05, 0.1) is 11.9 Å². The van der Waals surface area contributed by atoms with Crippen molar-refractivity contribution in [3.05, 3.63) is 12.4 Å². The number of nitrogens with zero attached hydrogens (tertiary/aromatic N) is 2. The zero-order valence-corrected chi connectivity index (χ0v) is 11.8. The summed E-state index contributed by atoms with van der Waals surface area (Å²) in [5, 5.41) is 9.47. The third-order valence-electron chi connectivity index (χ3n) is 2.36. The van der Waals surface area contributed by atoms with Crippen LogP contribution in [0.3, 0.4) is 0 Å². The molecular formula is C10H21N5O2S. The van der Waals surface area contributed by atoms with Crippen molar-refractivity contribution in [1.82, 2.24) is 19.8 Å². The number of nitrogens with one attached hydrogen (secondary N) is 3. The quantitative estimate of drug-likeness (QED) is 0.599. The Labute approximate surface area is 108 Å². The van der Waals surface area contributed by atoms with Crippen LogP contribution >= 0.6 is 0 Å². The fraction of sp³-hybridized carbons (Fsp3) is 0.700. The molecule has 104 valence electrons. The Morgan fingerprint density at radius 3 is 2.78 bits per heavy atom. The Morgan fingerprint density at radius 1 is 1.50 bits per heavy atom. The highest BCUT2D eigenvalue weighted by Gasteiger charge is 2.17. The molecule has 0 unspecified atom stereocenters.